The van der Waals surface area contributed by atoms with E-state index in [-0.39, 0.29) is 5.78 Å². The summed E-state index contributed by atoms with van der Waals surface area (Å²) >= 11 is 0. The van der Waals surface area contributed by atoms with Crippen molar-refractivity contribution in [2.24, 2.45) is 0 Å². The van der Waals surface area contributed by atoms with Crippen LogP contribution in [0.3, 0.4) is 0 Å². The quantitative estimate of drug-likeness (QED) is 0.619. The summed E-state index contributed by atoms with van der Waals surface area (Å²) in [6, 6.07) is 5.87. The van der Waals surface area contributed by atoms with Gasteiger partial charge in [-0.05, 0) is 45.1 Å². The van der Waals surface area contributed by atoms with E-state index in [2.05, 4.69) is 18.0 Å². The van der Waals surface area contributed by atoms with Crippen molar-refractivity contribution in [1.29, 1.82) is 0 Å². The Hall–Kier alpha value is -2.16. The molecule has 0 aliphatic carbocycles. The zero-order valence-electron chi connectivity index (χ0n) is 11.6. The maximum Gasteiger partial charge on any atom is 0.185 e. The molecule has 1 heterocycles. The third kappa shape index (κ3) is 3.41. The van der Waals surface area contributed by atoms with Gasteiger partial charge in [0.25, 0.3) is 0 Å². The molecule has 0 spiro atoms. The third-order valence-corrected chi connectivity index (χ3v) is 2.93. The summed E-state index contributed by atoms with van der Waals surface area (Å²) in [5.74, 6) is 0.0119. The molecule has 19 heavy (non-hydrogen) atoms. The lowest BCUT2D eigenvalue weighted by Crippen LogP contribution is -1.95. The minimum absolute atomic E-state index is 0.0119. The molecule has 0 N–H and O–H groups in total. The van der Waals surface area contributed by atoms with Crippen molar-refractivity contribution < 1.29 is 4.79 Å². The van der Waals surface area contributed by atoms with Crippen LogP contribution in [0.15, 0.2) is 36.8 Å². The summed E-state index contributed by atoms with van der Waals surface area (Å²) in [4.78, 5) is 16.3. The number of carbonyl (C=O) groups excluding carboxylic acids is 1. The first-order valence-corrected chi connectivity index (χ1v) is 6.41. The van der Waals surface area contributed by atoms with Gasteiger partial charge in [0.2, 0.25) is 0 Å². The van der Waals surface area contributed by atoms with E-state index in [0.717, 1.165) is 28.9 Å². The van der Waals surface area contributed by atoms with Crippen molar-refractivity contribution in [2.75, 3.05) is 0 Å². The molecule has 0 aliphatic rings. The van der Waals surface area contributed by atoms with Gasteiger partial charge < -0.3 is 4.57 Å². The number of ketones is 1. The van der Waals surface area contributed by atoms with Gasteiger partial charge in [-0.1, -0.05) is 17.2 Å². The minimum Gasteiger partial charge on any atom is -0.337 e. The molecular formula is C16H18N2O. The first-order chi connectivity index (χ1) is 9.08. The topological polar surface area (TPSA) is 34.9 Å². The molecule has 0 saturated carbocycles. The number of aromatic nitrogens is 2. The van der Waals surface area contributed by atoms with Crippen LogP contribution in [-0.4, -0.2) is 15.3 Å². The highest BCUT2D eigenvalue weighted by Crippen LogP contribution is 2.11. The number of aryl methyl sites for hydroxylation is 3. The van der Waals surface area contributed by atoms with E-state index >= 15 is 0 Å². The van der Waals surface area contributed by atoms with E-state index < -0.39 is 0 Å². The maximum absolute atomic E-state index is 12.1. The van der Waals surface area contributed by atoms with E-state index in [1.165, 1.54) is 0 Å². The first kappa shape index (κ1) is 13.3. The fourth-order valence-corrected chi connectivity index (χ4v) is 2.01. The number of allylic oxidation sites excluding steroid dienone is 1. The van der Waals surface area contributed by atoms with Gasteiger partial charge in [-0.2, -0.15) is 0 Å². The maximum atomic E-state index is 12.1. The predicted octanol–water partition coefficient (Wildman–Crippen LogP) is 3.42. The average Bonchev–Trinajstić information content (AvgIpc) is 2.82. The van der Waals surface area contributed by atoms with Gasteiger partial charge in [-0.3, -0.25) is 4.79 Å². The average molecular weight is 254 g/mol. The van der Waals surface area contributed by atoms with E-state index in [1.54, 1.807) is 18.5 Å². The Morgan fingerprint density at radius 3 is 2.53 bits per heavy atom. The van der Waals surface area contributed by atoms with Crippen LogP contribution in [0.2, 0.25) is 0 Å². The molecule has 2 rings (SSSR count). The molecule has 0 atom stereocenters. The van der Waals surface area contributed by atoms with Crippen molar-refractivity contribution >= 4 is 11.9 Å². The van der Waals surface area contributed by atoms with Gasteiger partial charge in [0, 0.05) is 18.3 Å². The Labute approximate surface area is 113 Å². The van der Waals surface area contributed by atoms with Gasteiger partial charge in [0.1, 0.15) is 0 Å². The molecule has 1 aromatic carbocycles. The van der Waals surface area contributed by atoms with Crippen molar-refractivity contribution in [3.63, 3.8) is 0 Å². The van der Waals surface area contributed by atoms with Gasteiger partial charge in [-0.25, -0.2) is 4.98 Å². The summed E-state index contributed by atoms with van der Waals surface area (Å²) in [6.07, 6.45) is 7.02. The predicted molar refractivity (Wildman–Crippen MR) is 77.2 cm³/mol. The number of imidazole rings is 1. The summed E-state index contributed by atoms with van der Waals surface area (Å²) < 4.78 is 1.97. The lowest BCUT2D eigenvalue weighted by molar-refractivity contribution is 0.104. The van der Waals surface area contributed by atoms with Crippen molar-refractivity contribution in [3.05, 3.63) is 59.2 Å². The monoisotopic (exact) mass is 254 g/mol. The van der Waals surface area contributed by atoms with Crippen molar-refractivity contribution in [1.82, 2.24) is 9.55 Å². The molecule has 0 fully saturated rings. The highest BCUT2D eigenvalue weighted by Gasteiger charge is 2.03. The second-order valence-corrected chi connectivity index (χ2v) is 4.70. The highest BCUT2D eigenvalue weighted by atomic mass is 16.1. The van der Waals surface area contributed by atoms with Crippen LogP contribution in [0.4, 0.5) is 0 Å². The largest absolute Gasteiger partial charge is 0.337 e. The number of hydrogen-bond donors (Lipinski definition) is 0. The van der Waals surface area contributed by atoms with E-state index in [9.17, 15) is 4.79 Å². The lowest BCUT2D eigenvalue weighted by atomic mass is 10.0. The second kappa shape index (κ2) is 5.65. The van der Waals surface area contributed by atoms with Crippen LogP contribution in [0.1, 0.15) is 34.1 Å². The Morgan fingerprint density at radius 2 is 1.95 bits per heavy atom. The molecule has 2 aromatic rings. The van der Waals surface area contributed by atoms with Crippen LogP contribution in [-0.2, 0) is 6.54 Å². The minimum atomic E-state index is 0.0119. The molecular weight excluding hydrogens is 236 g/mol. The van der Waals surface area contributed by atoms with E-state index in [1.807, 2.05) is 36.7 Å². The Bertz CT molecular complexity index is 603. The second-order valence-electron chi connectivity index (χ2n) is 4.70. The number of carbonyl (C=O) groups is 1. The third-order valence-electron chi connectivity index (χ3n) is 2.93. The molecule has 3 heteroatoms. The molecule has 0 radical (unpaired) electrons. The van der Waals surface area contributed by atoms with Gasteiger partial charge >= 0.3 is 0 Å². The molecule has 0 amide bonds. The normalized spacial score (nSPS) is 11.1. The SMILES string of the molecule is CCn1cnc(C=CC(=O)c2cc(C)cc(C)c2)c1. The summed E-state index contributed by atoms with van der Waals surface area (Å²) in [7, 11) is 0. The lowest BCUT2D eigenvalue weighted by Gasteiger charge is -2.00. The fourth-order valence-electron chi connectivity index (χ4n) is 2.01. The van der Waals surface area contributed by atoms with Crippen LogP contribution >= 0.6 is 0 Å². The van der Waals surface area contributed by atoms with E-state index in [4.69, 9.17) is 0 Å². The molecule has 1 aromatic heterocycles. The molecule has 3 nitrogen and oxygen atoms in total. The zero-order chi connectivity index (χ0) is 13.8. The number of rotatable bonds is 4. The Kier molecular flexibility index (Phi) is 3.95. The first-order valence-electron chi connectivity index (χ1n) is 6.41. The van der Waals surface area contributed by atoms with Crippen LogP contribution in [0, 0.1) is 13.8 Å². The molecule has 0 unspecified atom stereocenters. The molecule has 98 valence electrons. The van der Waals surface area contributed by atoms with E-state index in [0.29, 0.717) is 0 Å². The number of benzene rings is 1. The van der Waals surface area contributed by atoms with Crippen LogP contribution in [0.5, 0.6) is 0 Å². The summed E-state index contributed by atoms with van der Waals surface area (Å²) in [5.41, 5.74) is 3.74. The van der Waals surface area contributed by atoms with Gasteiger partial charge in [-0.15, -0.1) is 0 Å². The van der Waals surface area contributed by atoms with Crippen molar-refractivity contribution in [3.8, 4) is 0 Å². The highest BCUT2D eigenvalue weighted by molar-refractivity contribution is 6.06. The smallest absolute Gasteiger partial charge is 0.185 e. The van der Waals surface area contributed by atoms with Gasteiger partial charge in [0.05, 0.1) is 12.0 Å². The van der Waals surface area contributed by atoms with Crippen LogP contribution in [0.25, 0.3) is 6.08 Å². The molecule has 0 aliphatic heterocycles. The van der Waals surface area contributed by atoms with Gasteiger partial charge in [0.15, 0.2) is 5.78 Å². The Morgan fingerprint density at radius 1 is 1.26 bits per heavy atom. The van der Waals surface area contributed by atoms with Crippen molar-refractivity contribution in [2.45, 2.75) is 27.3 Å². The summed E-state index contributed by atoms with van der Waals surface area (Å²) in [5, 5.41) is 0. The number of nitrogens with zero attached hydrogens (tertiary/aromatic N) is 2. The number of hydrogen-bond acceptors (Lipinski definition) is 2. The zero-order valence-corrected chi connectivity index (χ0v) is 11.6. The standard InChI is InChI=1S/C16H18N2O/c1-4-18-10-15(17-11-18)5-6-16(19)14-8-12(2)7-13(3)9-14/h5-11H,4H2,1-3H3. The molecule has 0 bridgehead atoms. The fraction of sp³-hybridized carbons (Fsp3) is 0.250. The Balaban J connectivity index is 2.16. The summed E-state index contributed by atoms with van der Waals surface area (Å²) in [6.45, 7) is 6.93. The van der Waals surface area contributed by atoms with Crippen LogP contribution < -0.4 is 0 Å². The molecule has 0 saturated heterocycles.